The van der Waals surface area contributed by atoms with Crippen LogP contribution in [-0.4, -0.2) is 23.6 Å². The summed E-state index contributed by atoms with van der Waals surface area (Å²) in [6, 6.07) is 0.804. The van der Waals surface area contributed by atoms with Gasteiger partial charge in [0, 0.05) is 17.3 Å². The summed E-state index contributed by atoms with van der Waals surface area (Å²) < 4.78 is 0.605. The van der Waals surface area contributed by atoms with Gasteiger partial charge in [-0.3, -0.25) is 0 Å². The van der Waals surface area contributed by atoms with Crippen molar-refractivity contribution >= 4 is 11.8 Å². The van der Waals surface area contributed by atoms with Gasteiger partial charge in [0.15, 0.2) is 0 Å². The number of hydrogen-bond acceptors (Lipinski definition) is 2. The zero-order chi connectivity index (χ0) is 10.3. The summed E-state index contributed by atoms with van der Waals surface area (Å²) >= 11 is 2.08. The van der Waals surface area contributed by atoms with E-state index < -0.39 is 0 Å². The fourth-order valence-electron chi connectivity index (χ4n) is 3.29. The molecule has 15 heavy (non-hydrogen) atoms. The third kappa shape index (κ3) is 1.66. The molecular weight excluding hydrogens is 202 g/mol. The van der Waals surface area contributed by atoms with E-state index in [1.54, 1.807) is 0 Å². The molecule has 0 saturated heterocycles. The molecule has 2 fully saturated rings. The lowest BCUT2D eigenvalue weighted by molar-refractivity contribution is 0.153. The van der Waals surface area contributed by atoms with Crippen LogP contribution < -0.4 is 5.32 Å². The molecule has 2 heteroatoms. The third-order valence-electron chi connectivity index (χ3n) is 4.75. The number of rotatable bonds is 4. The second-order valence-electron chi connectivity index (χ2n) is 5.47. The normalized spacial score (nSPS) is 40.7. The van der Waals surface area contributed by atoms with E-state index in [2.05, 4.69) is 35.5 Å². The lowest BCUT2D eigenvalue weighted by Crippen LogP contribution is -2.53. The van der Waals surface area contributed by atoms with E-state index in [9.17, 15) is 0 Å². The van der Waals surface area contributed by atoms with Crippen molar-refractivity contribution < 1.29 is 0 Å². The molecule has 0 aromatic carbocycles. The van der Waals surface area contributed by atoms with E-state index in [0.717, 1.165) is 17.9 Å². The summed E-state index contributed by atoms with van der Waals surface area (Å²) in [7, 11) is 0. The van der Waals surface area contributed by atoms with Crippen molar-refractivity contribution in [2.75, 3.05) is 12.8 Å². The van der Waals surface area contributed by atoms with Crippen LogP contribution in [0.4, 0.5) is 0 Å². The van der Waals surface area contributed by atoms with Crippen LogP contribution in [0.2, 0.25) is 0 Å². The van der Waals surface area contributed by atoms with Crippen molar-refractivity contribution in [3.63, 3.8) is 0 Å². The van der Waals surface area contributed by atoms with Crippen molar-refractivity contribution in [3.05, 3.63) is 12.2 Å². The van der Waals surface area contributed by atoms with Crippen molar-refractivity contribution in [2.24, 2.45) is 11.8 Å². The second kappa shape index (κ2) is 3.81. The maximum absolute atomic E-state index is 3.81. The van der Waals surface area contributed by atoms with Crippen LogP contribution in [0.3, 0.4) is 0 Å². The minimum atomic E-state index is 0.605. The first-order valence-corrected chi connectivity index (χ1v) is 7.51. The number of allylic oxidation sites excluding steroid dienone is 1. The molecule has 0 heterocycles. The lowest BCUT2D eigenvalue weighted by Gasteiger charge is -2.46. The Morgan fingerprint density at radius 3 is 2.93 bits per heavy atom. The molecule has 0 bridgehead atoms. The highest BCUT2D eigenvalue weighted by Gasteiger charge is 2.43. The van der Waals surface area contributed by atoms with Crippen LogP contribution in [-0.2, 0) is 0 Å². The van der Waals surface area contributed by atoms with Gasteiger partial charge < -0.3 is 5.32 Å². The molecular formula is C13H21NS. The molecule has 2 saturated carbocycles. The first-order valence-electron chi connectivity index (χ1n) is 6.28. The maximum atomic E-state index is 3.81. The average molecular weight is 223 g/mol. The Morgan fingerprint density at radius 2 is 2.33 bits per heavy atom. The van der Waals surface area contributed by atoms with E-state index in [1.165, 1.54) is 38.6 Å². The van der Waals surface area contributed by atoms with Crippen LogP contribution in [0.5, 0.6) is 0 Å². The maximum Gasteiger partial charge on any atom is 0.0281 e. The Balaban J connectivity index is 1.48. The Morgan fingerprint density at radius 1 is 1.47 bits per heavy atom. The lowest BCUT2D eigenvalue weighted by atomic mass is 9.71. The van der Waals surface area contributed by atoms with Crippen molar-refractivity contribution in [1.82, 2.24) is 5.32 Å². The van der Waals surface area contributed by atoms with Crippen LogP contribution in [0.1, 0.15) is 32.1 Å². The van der Waals surface area contributed by atoms with Gasteiger partial charge in [-0.05, 0) is 43.8 Å². The van der Waals surface area contributed by atoms with E-state index in [0.29, 0.717) is 4.75 Å². The number of thioether (sulfide) groups is 1. The smallest absolute Gasteiger partial charge is 0.0281 e. The van der Waals surface area contributed by atoms with Crippen molar-refractivity contribution in [1.29, 1.82) is 0 Å². The molecule has 3 rings (SSSR count). The molecule has 84 valence electrons. The SMILES string of the molecule is CSC1(CNC2CC3CC=CC32)CCC1. The molecule has 0 spiro atoms. The highest BCUT2D eigenvalue weighted by Crippen LogP contribution is 2.45. The highest BCUT2D eigenvalue weighted by atomic mass is 32.2. The Hall–Kier alpha value is 0.0500. The minimum absolute atomic E-state index is 0.605. The summed E-state index contributed by atoms with van der Waals surface area (Å²) in [5.74, 6) is 1.87. The molecule has 0 radical (unpaired) electrons. The van der Waals surface area contributed by atoms with Gasteiger partial charge in [0.05, 0.1) is 0 Å². The summed E-state index contributed by atoms with van der Waals surface area (Å²) in [5.41, 5.74) is 0. The predicted octanol–water partition coefficient (Wildman–Crippen LogP) is 2.83. The molecule has 0 amide bonds. The monoisotopic (exact) mass is 223 g/mol. The first-order chi connectivity index (χ1) is 7.33. The quantitative estimate of drug-likeness (QED) is 0.736. The molecule has 0 aliphatic heterocycles. The van der Waals surface area contributed by atoms with Gasteiger partial charge in [-0.25, -0.2) is 0 Å². The fourth-order valence-corrected chi connectivity index (χ4v) is 4.21. The van der Waals surface area contributed by atoms with E-state index in [-0.39, 0.29) is 0 Å². The van der Waals surface area contributed by atoms with Gasteiger partial charge >= 0.3 is 0 Å². The minimum Gasteiger partial charge on any atom is -0.312 e. The van der Waals surface area contributed by atoms with Crippen LogP contribution in [0, 0.1) is 11.8 Å². The number of hydrogen-bond donors (Lipinski definition) is 1. The summed E-state index contributed by atoms with van der Waals surface area (Å²) in [6.07, 6.45) is 14.2. The second-order valence-corrected chi connectivity index (χ2v) is 6.74. The Labute approximate surface area is 97.1 Å². The molecule has 1 N–H and O–H groups in total. The van der Waals surface area contributed by atoms with Gasteiger partial charge in [0.25, 0.3) is 0 Å². The molecule has 0 aromatic rings. The molecule has 3 atom stereocenters. The van der Waals surface area contributed by atoms with Gasteiger partial charge in [0.1, 0.15) is 0 Å². The Bertz CT molecular complexity index is 264. The highest BCUT2D eigenvalue weighted by molar-refractivity contribution is 8.00. The van der Waals surface area contributed by atoms with Gasteiger partial charge in [-0.2, -0.15) is 11.8 Å². The molecule has 1 nitrogen and oxygen atoms in total. The van der Waals surface area contributed by atoms with E-state index >= 15 is 0 Å². The largest absolute Gasteiger partial charge is 0.312 e. The predicted molar refractivity (Wildman–Crippen MR) is 67.2 cm³/mol. The van der Waals surface area contributed by atoms with Crippen molar-refractivity contribution in [2.45, 2.75) is 42.9 Å². The zero-order valence-corrected chi connectivity index (χ0v) is 10.4. The topological polar surface area (TPSA) is 12.0 Å². The van der Waals surface area contributed by atoms with Gasteiger partial charge in [-0.15, -0.1) is 0 Å². The van der Waals surface area contributed by atoms with Gasteiger partial charge in [0.2, 0.25) is 0 Å². The molecule has 3 aliphatic rings. The molecule has 3 aliphatic carbocycles. The number of nitrogens with one attached hydrogen (secondary N) is 1. The van der Waals surface area contributed by atoms with Crippen molar-refractivity contribution in [3.8, 4) is 0 Å². The summed E-state index contributed by atoms with van der Waals surface area (Å²) in [4.78, 5) is 0. The Kier molecular flexibility index (Phi) is 2.60. The summed E-state index contributed by atoms with van der Waals surface area (Å²) in [6.45, 7) is 1.25. The van der Waals surface area contributed by atoms with E-state index in [1.807, 2.05) is 0 Å². The zero-order valence-electron chi connectivity index (χ0n) is 9.54. The molecule has 0 aromatic heterocycles. The summed E-state index contributed by atoms with van der Waals surface area (Å²) in [5, 5.41) is 3.81. The third-order valence-corrected chi connectivity index (χ3v) is 6.17. The average Bonchev–Trinajstić information content (AvgIpc) is 2.52. The first kappa shape index (κ1) is 10.2. The van der Waals surface area contributed by atoms with Crippen LogP contribution >= 0.6 is 11.8 Å². The van der Waals surface area contributed by atoms with Crippen LogP contribution in [0.15, 0.2) is 12.2 Å². The van der Waals surface area contributed by atoms with Gasteiger partial charge in [-0.1, -0.05) is 18.6 Å². The van der Waals surface area contributed by atoms with Crippen LogP contribution in [0.25, 0.3) is 0 Å². The number of fused-ring (bicyclic) bond motifs is 1. The standard InChI is InChI=1S/C13H21NS/c1-15-13(6-3-7-13)9-14-12-8-10-4-2-5-11(10)12/h2,5,10-12,14H,3-4,6-9H2,1H3. The van der Waals surface area contributed by atoms with E-state index in [4.69, 9.17) is 0 Å². The fraction of sp³-hybridized carbons (Fsp3) is 0.846. The molecule has 3 unspecified atom stereocenters.